The van der Waals surface area contributed by atoms with E-state index in [1.54, 1.807) is 6.92 Å². The summed E-state index contributed by atoms with van der Waals surface area (Å²) in [5, 5.41) is 3.27. The molecule has 0 aliphatic carbocycles. The number of rotatable bonds is 6. The van der Waals surface area contributed by atoms with Crippen LogP contribution in [0.4, 0.5) is 8.78 Å². The maximum Gasteiger partial charge on any atom is 0.130 e. The average Bonchev–Trinajstić information content (AvgIpc) is 2.46. The summed E-state index contributed by atoms with van der Waals surface area (Å²) in [7, 11) is 0. The van der Waals surface area contributed by atoms with Crippen molar-refractivity contribution in [1.29, 1.82) is 0 Å². The standard InChI is InChI=1S/C18H21F2N/c1-13(11-12-15-7-4-3-5-8-15)21-14(2)18-16(19)9-6-10-17(18)20/h3-10,13-14,21H,11-12H2,1-2H3. The van der Waals surface area contributed by atoms with Crippen molar-refractivity contribution < 1.29 is 8.78 Å². The summed E-state index contributed by atoms with van der Waals surface area (Å²) in [6, 6.07) is 14.0. The van der Waals surface area contributed by atoms with E-state index in [-0.39, 0.29) is 17.6 Å². The molecular formula is C18H21F2N. The van der Waals surface area contributed by atoms with Gasteiger partial charge in [0.2, 0.25) is 0 Å². The van der Waals surface area contributed by atoms with Crippen molar-refractivity contribution in [2.24, 2.45) is 0 Å². The van der Waals surface area contributed by atoms with Crippen LogP contribution >= 0.6 is 0 Å². The fraction of sp³-hybridized carbons (Fsp3) is 0.333. The fourth-order valence-corrected chi connectivity index (χ4v) is 2.55. The van der Waals surface area contributed by atoms with Gasteiger partial charge in [-0.05, 0) is 44.4 Å². The van der Waals surface area contributed by atoms with Crippen LogP contribution in [0.2, 0.25) is 0 Å². The van der Waals surface area contributed by atoms with Crippen molar-refractivity contribution in [2.45, 2.75) is 38.8 Å². The van der Waals surface area contributed by atoms with Gasteiger partial charge in [0.05, 0.1) is 0 Å². The zero-order valence-corrected chi connectivity index (χ0v) is 12.4. The predicted octanol–water partition coefficient (Wildman–Crippen LogP) is 4.64. The molecule has 21 heavy (non-hydrogen) atoms. The van der Waals surface area contributed by atoms with Crippen LogP contribution in [0.1, 0.15) is 37.4 Å². The third-order valence-electron chi connectivity index (χ3n) is 3.68. The van der Waals surface area contributed by atoms with E-state index >= 15 is 0 Å². The van der Waals surface area contributed by atoms with E-state index in [0.29, 0.717) is 0 Å². The zero-order chi connectivity index (χ0) is 15.2. The van der Waals surface area contributed by atoms with Gasteiger partial charge in [-0.1, -0.05) is 36.4 Å². The summed E-state index contributed by atoms with van der Waals surface area (Å²) in [6.45, 7) is 3.83. The van der Waals surface area contributed by atoms with Crippen molar-refractivity contribution in [3.05, 3.63) is 71.3 Å². The molecule has 0 saturated carbocycles. The quantitative estimate of drug-likeness (QED) is 0.817. The molecule has 2 unspecified atom stereocenters. The molecule has 3 heteroatoms. The SMILES string of the molecule is CC(CCc1ccccc1)NC(C)c1c(F)cccc1F. The lowest BCUT2D eigenvalue weighted by Gasteiger charge is -2.21. The Labute approximate surface area is 125 Å². The molecule has 2 atom stereocenters. The van der Waals surface area contributed by atoms with Crippen LogP contribution < -0.4 is 5.32 Å². The van der Waals surface area contributed by atoms with E-state index in [1.165, 1.54) is 23.8 Å². The Morgan fingerprint density at radius 2 is 1.52 bits per heavy atom. The van der Waals surface area contributed by atoms with Gasteiger partial charge in [0.15, 0.2) is 0 Å². The van der Waals surface area contributed by atoms with Crippen LogP contribution in [0.25, 0.3) is 0 Å². The second-order valence-corrected chi connectivity index (χ2v) is 5.45. The molecular weight excluding hydrogens is 268 g/mol. The number of hydrogen-bond donors (Lipinski definition) is 1. The number of nitrogens with one attached hydrogen (secondary N) is 1. The fourth-order valence-electron chi connectivity index (χ4n) is 2.55. The second kappa shape index (κ2) is 7.32. The molecule has 0 spiro atoms. The summed E-state index contributed by atoms with van der Waals surface area (Å²) in [6.07, 6.45) is 1.87. The van der Waals surface area contributed by atoms with Crippen LogP contribution in [0.5, 0.6) is 0 Å². The van der Waals surface area contributed by atoms with Crippen LogP contribution in [0.15, 0.2) is 48.5 Å². The van der Waals surface area contributed by atoms with Gasteiger partial charge in [0.25, 0.3) is 0 Å². The molecule has 2 rings (SSSR count). The highest BCUT2D eigenvalue weighted by Gasteiger charge is 2.17. The first-order valence-electron chi connectivity index (χ1n) is 7.32. The lowest BCUT2D eigenvalue weighted by Crippen LogP contribution is -2.30. The van der Waals surface area contributed by atoms with Crippen molar-refractivity contribution >= 4 is 0 Å². The van der Waals surface area contributed by atoms with Gasteiger partial charge in [-0.15, -0.1) is 0 Å². The van der Waals surface area contributed by atoms with Gasteiger partial charge in [-0.2, -0.15) is 0 Å². The van der Waals surface area contributed by atoms with Crippen molar-refractivity contribution in [1.82, 2.24) is 5.32 Å². The topological polar surface area (TPSA) is 12.0 Å². The average molecular weight is 289 g/mol. The maximum atomic E-state index is 13.7. The van der Waals surface area contributed by atoms with Crippen molar-refractivity contribution in [2.75, 3.05) is 0 Å². The molecule has 0 aliphatic heterocycles. The van der Waals surface area contributed by atoms with Crippen LogP contribution in [0, 0.1) is 11.6 Å². The predicted molar refractivity (Wildman–Crippen MR) is 82.1 cm³/mol. The smallest absolute Gasteiger partial charge is 0.130 e. The molecule has 112 valence electrons. The molecule has 1 N–H and O–H groups in total. The third kappa shape index (κ3) is 4.36. The largest absolute Gasteiger partial charge is 0.307 e. The van der Waals surface area contributed by atoms with E-state index in [1.807, 2.05) is 25.1 Å². The molecule has 0 heterocycles. The molecule has 2 aromatic carbocycles. The highest BCUT2D eigenvalue weighted by Crippen LogP contribution is 2.21. The van der Waals surface area contributed by atoms with Crippen LogP contribution in [0.3, 0.4) is 0 Å². The first kappa shape index (κ1) is 15.6. The molecule has 0 bridgehead atoms. The molecule has 2 aromatic rings. The lowest BCUT2D eigenvalue weighted by molar-refractivity contribution is 0.427. The van der Waals surface area contributed by atoms with Gasteiger partial charge in [0, 0.05) is 17.6 Å². The Morgan fingerprint density at radius 3 is 2.14 bits per heavy atom. The molecule has 0 aliphatic rings. The summed E-state index contributed by atoms with van der Waals surface area (Å²) in [4.78, 5) is 0. The summed E-state index contributed by atoms with van der Waals surface area (Å²) < 4.78 is 27.4. The van der Waals surface area contributed by atoms with Crippen LogP contribution in [-0.4, -0.2) is 6.04 Å². The van der Waals surface area contributed by atoms with Crippen molar-refractivity contribution in [3.63, 3.8) is 0 Å². The Kier molecular flexibility index (Phi) is 5.45. The molecule has 0 aromatic heterocycles. The van der Waals surface area contributed by atoms with E-state index < -0.39 is 11.6 Å². The number of aryl methyl sites for hydroxylation is 1. The summed E-state index contributed by atoms with van der Waals surface area (Å²) >= 11 is 0. The first-order chi connectivity index (χ1) is 10.1. The molecule has 0 amide bonds. The molecule has 0 saturated heterocycles. The Bertz CT molecular complexity index is 548. The van der Waals surface area contributed by atoms with E-state index in [9.17, 15) is 8.78 Å². The Morgan fingerprint density at radius 1 is 0.905 bits per heavy atom. The highest BCUT2D eigenvalue weighted by molar-refractivity contribution is 5.23. The minimum atomic E-state index is -0.495. The minimum absolute atomic E-state index is 0.115. The van der Waals surface area contributed by atoms with E-state index in [4.69, 9.17) is 0 Å². The first-order valence-corrected chi connectivity index (χ1v) is 7.32. The van der Waals surface area contributed by atoms with Gasteiger partial charge >= 0.3 is 0 Å². The van der Waals surface area contributed by atoms with Gasteiger partial charge in [0.1, 0.15) is 11.6 Å². The molecule has 1 nitrogen and oxygen atoms in total. The number of hydrogen-bond acceptors (Lipinski definition) is 1. The summed E-state index contributed by atoms with van der Waals surface area (Å²) in [5.41, 5.74) is 1.39. The zero-order valence-electron chi connectivity index (χ0n) is 12.4. The second-order valence-electron chi connectivity index (χ2n) is 5.45. The molecule has 0 radical (unpaired) electrons. The van der Waals surface area contributed by atoms with Crippen LogP contribution in [-0.2, 0) is 6.42 Å². The Balaban J connectivity index is 1.91. The normalized spacial score (nSPS) is 13.9. The van der Waals surface area contributed by atoms with Gasteiger partial charge in [-0.3, -0.25) is 0 Å². The highest BCUT2D eigenvalue weighted by atomic mass is 19.1. The van der Waals surface area contributed by atoms with E-state index in [0.717, 1.165) is 12.8 Å². The summed E-state index contributed by atoms with van der Waals surface area (Å²) in [5.74, 6) is -0.990. The number of benzene rings is 2. The van der Waals surface area contributed by atoms with Gasteiger partial charge in [-0.25, -0.2) is 8.78 Å². The third-order valence-corrected chi connectivity index (χ3v) is 3.68. The lowest BCUT2D eigenvalue weighted by atomic mass is 10.0. The van der Waals surface area contributed by atoms with E-state index in [2.05, 4.69) is 17.4 Å². The monoisotopic (exact) mass is 289 g/mol. The van der Waals surface area contributed by atoms with Gasteiger partial charge < -0.3 is 5.32 Å². The minimum Gasteiger partial charge on any atom is -0.307 e. The van der Waals surface area contributed by atoms with Crippen molar-refractivity contribution in [3.8, 4) is 0 Å². The molecule has 0 fully saturated rings. The maximum absolute atomic E-state index is 13.7. The number of halogens is 2. The Hall–Kier alpha value is -1.74.